The summed E-state index contributed by atoms with van der Waals surface area (Å²) in [6.07, 6.45) is -22.4. The maximum Gasteiger partial charge on any atom is 0.471 e. The highest BCUT2D eigenvalue weighted by atomic mass is 19.4. The third-order valence-corrected chi connectivity index (χ3v) is 7.18. The standard InChI is InChI=1S/C26H20F12N2O3/c1-43-22(42)39(11-12-6-15(24(30,31)32)8-16(7-12)25(33,34)35)20-10-19(13-2-3-13)40(21(41)26(36,37)38)18-5-4-14(9-17(18)20)23(27,28)29/h4-9,13,19-20H,2-3,10-11H2,1H3/t19-,20-/m0/s1. The van der Waals surface area contributed by atoms with Crippen LogP contribution < -0.4 is 4.90 Å². The lowest BCUT2D eigenvalue weighted by atomic mass is 9.86. The van der Waals surface area contributed by atoms with Gasteiger partial charge in [-0.15, -0.1) is 0 Å². The number of benzene rings is 2. The number of hydrogen-bond donors (Lipinski definition) is 0. The van der Waals surface area contributed by atoms with Crippen LogP contribution in [0.5, 0.6) is 0 Å². The van der Waals surface area contributed by atoms with Crippen LogP contribution in [0.1, 0.15) is 53.1 Å². The predicted molar refractivity (Wildman–Crippen MR) is 123 cm³/mol. The number of halogens is 12. The number of rotatable bonds is 4. The van der Waals surface area contributed by atoms with Gasteiger partial charge >= 0.3 is 36.7 Å². The van der Waals surface area contributed by atoms with Gasteiger partial charge in [0.25, 0.3) is 0 Å². The van der Waals surface area contributed by atoms with E-state index in [1.54, 1.807) is 0 Å². The molecule has 2 aromatic carbocycles. The second-order valence-corrected chi connectivity index (χ2v) is 10.1. The van der Waals surface area contributed by atoms with Crippen LogP contribution >= 0.6 is 0 Å². The third kappa shape index (κ3) is 6.79. The van der Waals surface area contributed by atoms with Crippen LogP contribution in [0.2, 0.25) is 0 Å². The van der Waals surface area contributed by atoms with Crippen LogP contribution in [0.15, 0.2) is 36.4 Å². The fourth-order valence-corrected chi connectivity index (χ4v) is 5.16. The minimum Gasteiger partial charge on any atom is -0.453 e. The number of hydrogen-bond acceptors (Lipinski definition) is 3. The highest BCUT2D eigenvalue weighted by Crippen LogP contribution is 2.50. The number of ether oxygens (including phenoxy) is 1. The normalized spacial score (nSPS) is 19.6. The number of methoxy groups -OCH3 is 1. The molecule has 1 fully saturated rings. The summed E-state index contributed by atoms with van der Waals surface area (Å²) < 4.78 is 167. The van der Waals surface area contributed by atoms with Crippen molar-refractivity contribution >= 4 is 17.7 Å². The molecule has 0 bridgehead atoms. The van der Waals surface area contributed by atoms with Gasteiger partial charge < -0.3 is 9.64 Å². The summed E-state index contributed by atoms with van der Waals surface area (Å²) in [5, 5.41) is 0. The van der Waals surface area contributed by atoms with Crippen LogP contribution in [-0.4, -0.2) is 36.2 Å². The minimum atomic E-state index is -5.45. The number of alkyl halides is 12. The molecule has 0 unspecified atom stereocenters. The van der Waals surface area contributed by atoms with Crippen molar-refractivity contribution in [2.45, 2.75) is 62.6 Å². The van der Waals surface area contributed by atoms with Gasteiger partial charge in [-0.1, -0.05) is 0 Å². The van der Waals surface area contributed by atoms with Crippen LogP contribution in [0.3, 0.4) is 0 Å². The highest BCUT2D eigenvalue weighted by molar-refractivity contribution is 5.99. The second-order valence-electron chi connectivity index (χ2n) is 10.1. The molecule has 43 heavy (non-hydrogen) atoms. The van der Waals surface area contributed by atoms with Crippen molar-refractivity contribution in [1.29, 1.82) is 0 Å². The van der Waals surface area contributed by atoms with Crippen molar-refractivity contribution in [3.63, 3.8) is 0 Å². The number of anilines is 1. The van der Waals surface area contributed by atoms with Gasteiger partial charge in [0.05, 0.1) is 29.8 Å². The molecule has 0 aromatic heterocycles. The van der Waals surface area contributed by atoms with Gasteiger partial charge in [-0.2, -0.15) is 52.7 Å². The lowest BCUT2D eigenvalue weighted by molar-refractivity contribution is -0.171. The van der Waals surface area contributed by atoms with Crippen molar-refractivity contribution in [2.24, 2.45) is 5.92 Å². The van der Waals surface area contributed by atoms with E-state index < -0.39 is 101 Å². The van der Waals surface area contributed by atoms with Gasteiger partial charge in [0.2, 0.25) is 0 Å². The van der Waals surface area contributed by atoms with E-state index in [4.69, 9.17) is 0 Å². The molecule has 2 atom stereocenters. The smallest absolute Gasteiger partial charge is 0.453 e. The molecule has 1 aliphatic carbocycles. The van der Waals surface area contributed by atoms with Crippen LogP contribution in [0.25, 0.3) is 0 Å². The largest absolute Gasteiger partial charge is 0.471 e. The van der Waals surface area contributed by atoms with E-state index in [2.05, 4.69) is 4.74 Å². The molecule has 4 rings (SSSR count). The maximum absolute atomic E-state index is 13.7. The Hall–Kier alpha value is -3.66. The van der Waals surface area contributed by atoms with Crippen molar-refractivity contribution in [1.82, 2.24) is 4.90 Å². The zero-order valence-electron chi connectivity index (χ0n) is 21.7. The van der Waals surface area contributed by atoms with E-state index in [-0.39, 0.29) is 6.07 Å². The molecule has 1 aliphatic heterocycles. The Balaban J connectivity index is 1.91. The summed E-state index contributed by atoms with van der Waals surface area (Å²) in [5.74, 6) is -2.96. The zero-order valence-corrected chi connectivity index (χ0v) is 21.7. The highest BCUT2D eigenvalue weighted by Gasteiger charge is 2.53. The van der Waals surface area contributed by atoms with Gasteiger partial charge in [0.1, 0.15) is 0 Å². The molecule has 1 saturated carbocycles. The average molecular weight is 636 g/mol. The van der Waals surface area contributed by atoms with E-state index in [1.165, 1.54) is 0 Å². The van der Waals surface area contributed by atoms with Crippen molar-refractivity contribution < 1.29 is 67.0 Å². The number of amides is 2. The Kier molecular flexibility index (Phi) is 8.11. The molecule has 2 aliphatic rings. The Morgan fingerprint density at radius 3 is 1.79 bits per heavy atom. The number of nitrogens with zero attached hydrogens (tertiary/aromatic N) is 2. The Morgan fingerprint density at radius 2 is 1.35 bits per heavy atom. The fourth-order valence-electron chi connectivity index (χ4n) is 5.16. The summed E-state index contributed by atoms with van der Waals surface area (Å²) in [5.41, 5.74) is -6.86. The third-order valence-electron chi connectivity index (χ3n) is 7.18. The molecule has 2 amide bonds. The predicted octanol–water partition coefficient (Wildman–Crippen LogP) is 8.13. The maximum atomic E-state index is 13.7. The molecular weight excluding hydrogens is 616 g/mol. The van der Waals surface area contributed by atoms with Gasteiger partial charge in [-0.3, -0.25) is 9.69 Å². The van der Waals surface area contributed by atoms with Crippen LogP contribution in [-0.2, 0) is 34.6 Å². The topological polar surface area (TPSA) is 49.9 Å². The quantitative estimate of drug-likeness (QED) is 0.319. The molecule has 1 heterocycles. The Labute approximate surface area is 235 Å². The minimum absolute atomic E-state index is 0.165. The Morgan fingerprint density at radius 1 is 0.814 bits per heavy atom. The molecular formula is C26H20F12N2O3. The van der Waals surface area contributed by atoms with Gasteiger partial charge in [-0.25, -0.2) is 4.79 Å². The zero-order chi connectivity index (χ0) is 32.3. The molecule has 0 spiro atoms. The first-order valence-corrected chi connectivity index (χ1v) is 12.4. The average Bonchev–Trinajstić information content (AvgIpc) is 3.73. The molecule has 17 heteroatoms. The van der Waals surface area contributed by atoms with Gasteiger partial charge in [0.15, 0.2) is 0 Å². The van der Waals surface area contributed by atoms with E-state index >= 15 is 0 Å². The molecule has 2 aromatic rings. The first kappa shape index (κ1) is 32.3. The molecule has 5 nitrogen and oxygen atoms in total. The summed E-state index contributed by atoms with van der Waals surface area (Å²) in [4.78, 5) is 26.2. The number of fused-ring (bicyclic) bond motifs is 1. The van der Waals surface area contributed by atoms with E-state index in [1.807, 2.05) is 0 Å². The van der Waals surface area contributed by atoms with Crippen LogP contribution in [0, 0.1) is 5.92 Å². The molecule has 0 saturated heterocycles. The van der Waals surface area contributed by atoms with E-state index in [9.17, 15) is 62.3 Å². The first-order valence-electron chi connectivity index (χ1n) is 12.4. The number of carbonyl (C=O) groups is 2. The van der Waals surface area contributed by atoms with Crippen molar-refractivity contribution in [3.05, 3.63) is 64.2 Å². The first-order chi connectivity index (χ1) is 19.6. The summed E-state index contributed by atoms with van der Waals surface area (Å²) in [7, 11) is 0.788. The van der Waals surface area contributed by atoms with Crippen molar-refractivity contribution in [3.8, 4) is 0 Å². The van der Waals surface area contributed by atoms with Gasteiger partial charge in [0, 0.05) is 18.3 Å². The molecule has 0 radical (unpaired) electrons. The SMILES string of the molecule is COC(=O)N(Cc1cc(C(F)(F)F)cc(C(F)(F)F)c1)[C@H]1C[C@@H](C2CC2)N(C(=O)C(F)(F)F)c2ccc(C(F)(F)F)cc21. The lowest BCUT2D eigenvalue weighted by Gasteiger charge is -2.44. The van der Waals surface area contributed by atoms with Gasteiger partial charge in [-0.05, 0) is 72.7 Å². The number of carbonyl (C=O) groups excluding carboxylic acids is 2. The van der Waals surface area contributed by atoms with Crippen LogP contribution in [0.4, 0.5) is 63.2 Å². The van der Waals surface area contributed by atoms with E-state index in [0.29, 0.717) is 53.0 Å². The molecule has 0 N–H and O–H groups in total. The summed E-state index contributed by atoms with van der Waals surface area (Å²) in [6, 6.07) is -1.08. The summed E-state index contributed by atoms with van der Waals surface area (Å²) in [6.45, 7) is -1.06. The lowest BCUT2D eigenvalue weighted by Crippen LogP contribution is -2.53. The summed E-state index contributed by atoms with van der Waals surface area (Å²) >= 11 is 0. The van der Waals surface area contributed by atoms with E-state index in [0.717, 1.165) is 7.11 Å². The Bertz CT molecular complexity index is 1360. The second kappa shape index (κ2) is 10.8. The van der Waals surface area contributed by atoms with Crippen molar-refractivity contribution in [2.75, 3.05) is 12.0 Å². The fraction of sp³-hybridized carbons (Fsp3) is 0.462. The monoisotopic (exact) mass is 636 g/mol. The molecule has 236 valence electrons.